The lowest BCUT2D eigenvalue weighted by atomic mass is 10.3. The molecule has 18 heavy (non-hydrogen) atoms. The number of aromatic nitrogens is 1. The first-order valence-corrected chi connectivity index (χ1v) is 7.75. The van der Waals surface area contributed by atoms with E-state index in [-0.39, 0.29) is 6.10 Å². The number of hydrogen-bond donors (Lipinski definition) is 1. The molecule has 0 unspecified atom stereocenters. The molecule has 1 saturated heterocycles. The lowest BCUT2D eigenvalue weighted by molar-refractivity contribution is 0.0188. The van der Waals surface area contributed by atoms with Crippen LogP contribution in [0.1, 0.15) is 0 Å². The molecule has 2 heterocycles. The number of ether oxygens (including phenoxy) is 1. The van der Waals surface area contributed by atoms with Crippen molar-refractivity contribution >= 4 is 27.7 Å². The molecule has 100 valence electrons. The third-order valence-corrected chi connectivity index (χ3v) is 4.76. The van der Waals surface area contributed by atoms with Crippen molar-refractivity contribution in [3.05, 3.63) is 22.8 Å². The molecule has 1 atom stereocenters. The van der Waals surface area contributed by atoms with Crippen LogP contribution < -0.4 is 0 Å². The Morgan fingerprint density at radius 1 is 1.50 bits per heavy atom. The molecule has 6 heteroatoms. The van der Waals surface area contributed by atoms with Gasteiger partial charge in [0.15, 0.2) is 0 Å². The monoisotopic (exact) mass is 332 g/mol. The standard InChI is InChI=1S/C12H17BrN2O2S/c13-11-2-1-3-14-12(11)18-9-10(16)8-15-4-6-17-7-5-15/h1-3,10,16H,4-9H2/t10-/m0/s1. The van der Waals surface area contributed by atoms with Crippen LogP contribution in [-0.2, 0) is 4.74 Å². The Bertz CT molecular complexity index is 375. The van der Waals surface area contributed by atoms with Crippen molar-refractivity contribution in [1.82, 2.24) is 9.88 Å². The first kappa shape index (κ1) is 14.3. The van der Waals surface area contributed by atoms with Crippen molar-refractivity contribution in [1.29, 1.82) is 0 Å². The molecule has 2 rings (SSSR count). The molecule has 1 aliphatic rings. The van der Waals surface area contributed by atoms with Crippen molar-refractivity contribution in [2.75, 3.05) is 38.6 Å². The smallest absolute Gasteiger partial charge is 0.110 e. The third kappa shape index (κ3) is 4.51. The minimum atomic E-state index is -0.331. The number of thioether (sulfide) groups is 1. The van der Waals surface area contributed by atoms with E-state index in [0.29, 0.717) is 12.3 Å². The van der Waals surface area contributed by atoms with Gasteiger partial charge in [0.05, 0.1) is 19.3 Å². The van der Waals surface area contributed by atoms with Crippen LogP contribution in [0, 0.1) is 0 Å². The Morgan fingerprint density at radius 2 is 2.28 bits per heavy atom. The predicted molar refractivity (Wildman–Crippen MR) is 75.9 cm³/mol. The van der Waals surface area contributed by atoms with Crippen LogP contribution in [0.2, 0.25) is 0 Å². The molecule has 1 aliphatic heterocycles. The van der Waals surface area contributed by atoms with E-state index in [4.69, 9.17) is 4.74 Å². The molecular formula is C12H17BrN2O2S. The van der Waals surface area contributed by atoms with Gasteiger partial charge in [0.1, 0.15) is 5.03 Å². The largest absolute Gasteiger partial charge is 0.391 e. The van der Waals surface area contributed by atoms with Crippen LogP contribution >= 0.6 is 27.7 Å². The summed E-state index contributed by atoms with van der Waals surface area (Å²) in [5.41, 5.74) is 0. The second-order valence-corrected chi connectivity index (χ2v) is 6.03. The number of aliphatic hydroxyl groups is 1. The van der Waals surface area contributed by atoms with Crippen LogP contribution in [0.15, 0.2) is 27.8 Å². The SMILES string of the molecule is O[C@H](CSc1ncccc1Br)CN1CCOCC1. The van der Waals surface area contributed by atoms with Crippen LogP contribution in [0.25, 0.3) is 0 Å². The predicted octanol–water partition coefficient (Wildman–Crippen LogP) is 1.63. The van der Waals surface area contributed by atoms with Gasteiger partial charge >= 0.3 is 0 Å². The van der Waals surface area contributed by atoms with Gasteiger partial charge in [0.25, 0.3) is 0 Å². The zero-order chi connectivity index (χ0) is 12.8. The number of pyridine rings is 1. The Morgan fingerprint density at radius 3 is 3.00 bits per heavy atom. The molecule has 1 fully saturated rings. The first-order chi connectivity index (χ1) is 8.75. The van der Waals surface area contributed by atoms with Crippen LogP contribution in [-0.4, -0.2) is 59.7 Å². The van der Waals surface area contributed by atoms with E-state index >= 15 is 0 Å². The van der Waals surface area contributed by atoms with E-state index in [0.717, 1.165) is 35.8 Å². The van der Waals surface area contributed by atoms with E-state index in [2.05, 4.69) is 25.8 Å². The number of β-amino-alcohol motifs (C(OH)–C–C–N with tert-alkyl or cyclic N) is 1. The van der Waals surface area contributed by atoms with Gasteiger partial charge in [-0.05, 0) is 28.1 Å². The number of halogens is 1. The topological polar surface area (TPSA) is 45.6 Å². The van der Waals surface area contributed by atoms with E-state index in [9.17, 15) is 5.11 Å². The Balaban J connectivity index is 1.74. The summed E-state index contributed by atoms with van der Waals surface area (Å²) < 4.78 is 6.26. The average Bonchev–Trinajstić information content (AvgIpc) is 2.39. The van der Waals surface area contributed by atoms with Gasteiger partial charge in [-0.25, -0.2) is 4.98 Å². The normalized spacial score (nSPS) is 18.8. The zero-order valence-corrected chi connectivity index (χ0v) is 12.5. The zero-order valence-electron chi connectivity index (χ0n) is 10.1. The van der Waals surface area contributed by atoms with Gasteiger partial charge in [-0.1, -0.05) is 0 Å². The minimum absolute atomic E-state index is 0.331. The summed E-state index contributed by atoms with van der Waals surface area (Å²) in [4.78, 5) is 6.51. The first-order valence-electron chi connectivity index (χ1n) is 5.97. The maximum absolute atomic E-state index is 10.0. The van der Waals surface area contributed by atoms with Crippen LogP contribution in [0.4, 0.5) is 0 Å². The molecular weight excluding hydrogens is 316 g/mol. The van der Waals surface area contributed by atoms with Crippen LogP contribution in [0.3, 0.4) is 0 Å². The number of morpholine rings is 1. The molecule has 1 aromatic rings. The molecule has 0 bridgehead atoms. The summed E-state index contributed by atoms with van der Waals surface area (Å²) in [5.74, 6) is 0.660. The molecule has 1 aromatic heterocycles. The lowest BCUT2D eigenvalue weighted by Crippen LogP contribution is -2.41. The third-order valence-electron chi connectivity index (χ3n) is 2.71. The maximum Gasteiger partial charge on any atom is 0.110 e. The molecule has 0 aromatic carbocycles. The van der Waals surface area contributed by atoms with E-state index in [1.807, 2.05) is 12.1 Å². The second-order valence-electron chi connectivity index (χ2n) is 4.17. The maximum atomic E-state index is 10.0. The number of aliphatic hydroxyl groups excluding tert-OH is 1. The van der Waals surface area contributed by atoms with Gasteiger partial charge in [-0.2, -0.15) is 0 Å². The van der Waals surface area contributed by atoms with Gasteiger partial charge in [-0.3, -0.25) is 4.90 Å². The molecule has 0 saturated carbocycles. The molecule has 0 radical (unpaired) electrons. The fourth-order valence-corrected chi connectivity index (χ4v) is 3.18. The van der Waals surface area contributed by atoms with Crippen LogP contribution in [0.5, 0.6) is 0 Å². The fourth-order valence-electron chi connectivity index (χ4n) is 1.79. The van der Waals surface area contributed by atoms with Crippen molar-refractivity contribution in [3.8, 4) is 0 Å². The highest BCUT2D eigenvalue weighted by atomic mass is 79.9. The van der Waals surface area contributed by atoms with Gasteiger partial charge < -0.3 is 9.84 Å². The second kappa shape index (κ2) is 7.45. The highest BCUT2D eigenvalue weighted by molar-refractivity contribution is 9.10. The summed E-state index contributed by atoms with van der Waals surface area (Å²) in [5, 5.41) is 10.9. The van der Waals surface area contributed by atoms with Gasteiger partial charge in [-0.15, -0.1) is 11.8 Å². The van der Waals surface area contributed by atoms with Crippen molar-refractivity contribution in [2.24, 2.45) is 0 Å². The highest BCUT2D eigenvalue weighted by Gasteiger charge is 2.15. The molecule has 4 nitrogen and oxygen atoms in total. The molecule has 0 aliphatic carbocycles. The lowest BCUT2D eigenvalue weighted by Gasteiger charge is -2.28. The van der Waals surface area contributed by atoms with E-state index < -0.39 is 0 Å². The molecule has 0 amide bonds. The molecule has 0 spiro atoms. The Labute approximate surface area is 120 Å². The fraction of sp³-hybridized carbons (Fsp3) is 0.583. The number of rotatable bonds is 5. The van der Waals surface area contributed by atoms with E-state index in [1.54, 1.807) is 18.0 Å². The minimum Gasteiger partial charge on any atom is -0.391 e. The Kier molecular flexibility index (Phi) is 5.91. The summed E-state index contributed by atoms with van der Waals surface area (Å²) in [7, 11) is 0. The number of nitrogens with zero attached hydrogens (tertiary/aromatic N) is 2. The quantitative estimate of drug-likeness (QED) is 0.830. The summed E-state index contributed by atoms with van der Waals surface area (Å²) in [6.45, 7) is 4.07. The summed E-state index contributed by atoms with van der Waals surface area (Å²) in [6.07, 6.45) is 1.43. The van der Waals surface area contributed by atoms with Gasteiger partial charge in [0, 0.05) is 36.1 Å². The van der Waals surface area contributed by atoms with Gasteiger partial charge in [0.2, 0.25) is 0 Å². The Hall–Kier alpha value is -0.140. The van der Waals surface area contributed by atoms with Crippen molar-refractivity contribution in [2.45, 2.75) is 11.1 Å². The van der Waals surface area contributed by atoms with Crippen molar-refractivity contribution in [3.63, 3.8) is 0 Å². The van der Waals surface area contributed by atoms with E-state index in [1.165, 1.54) is 0 Å². The van der Waals surface area contributed by atoms with Crippen molar-refractivity contribution < 1.29 is 9.84 Å². The average molecular weight is 333 g/mol. The summed E-state index contributed by atoms with van der Waals surface area (Å²) in [6, 6.07) is 3.85. The summed E-state index contributed by atoms with van der Waals surface area (Å²) >= 11 is 5.03. The number of hydrogen-bond acceptors (Lipinski definition) is 5. The highest BCUT2D eigenvalue weighted by Crippen LogP contribution is 2.25. The molecule has 1 N–H and O–H groups in total.